The number of carbonyl (C=O) groups is 3. The quantitative estimate of drug-likeness (QED) is 0.569. The molecule has 0 aliphatic rings. The lowest BCUT2D eigenvalue weighted by Crippen LogP contribution is -2.58. The monoisotopic (exact) mass is 281 g/mol. The second-order valence-corrected chi connectivity index (χ2v) is 5.23. The summed E-state index contributed by atoms with van der Waals surface area (Å²) < 4.78 is 0. The third-order valence-electron chi connectivity index (χ3n) is 2.58. The van der Waals surface area contributed by atoms with Crippen LogP contribution < -0.4 is 16.4 Å². The molecule has 0 radical (unpaired) electrons. The van der Waals surface area contributed by atoms with Crippen LogP contribution in [0.25, 0.3) is 0 Å². The summed E-state index contributed by atoms with van der Waals surface area (Å²) >= 11 is 0. The molecule has 0 bridgehead atoms. The minimum Gasteiger partial charge on any atom is -0.368 e. The fourth-order valence-corrected chi connectivity index (χ4v) is 1.90. The van der Waals surface area contributed by atoms with Gasteiger partial charge in [-0.15, -0.1) is 5.92 Å². The molecular formula is C14H23N3O3. The molecule has 0 aromatic heterocycles. The van der Waals surface area contributed by atoms with E-state index in [2.05, 4.69) is 22.5 Å². The molecule has 0 saturated carbocycles. The topological polar surface area (TPSA) is 101 Å². The van der Waals surface area contributed by atoms with Crippen molar-refractivity contribution >= 4 is 17.7 Å². The number of rotatable bonds is 7. The number of nitrogens with one attached hydrogen (secondary N) is 2. The van der Waals surface area contributed by atoms with E-state index in [0.29, 0.717) is 6.42 Å². The van der Waals surface area contributed by atoms with Gasteiger partial charge in [0.2, 0.25) is 17.7 Å². The molecule has 3 amide bonds. The Morgan fingerprint density at radius 3 is 2.35 bits per heavy atom. The van der Waals surface area contributed by atoms with Crippen LogP contribution in [-0.4, -0.2) is 29.8 Å². The first-order valence-corrected chi connectivity index (χ1v) is 6.48. The second kappa shape index (κ2) is 8.20. The number of nitrogens with two attached hydrogens (primary N) is 1. The smallest absolute Gasteiger partial charge is 0.245 e. The van der Waals surface area contributed by atoms with Gasteiger partial charge in [-0.3, -0.25) is 14.4 Å². The van der Waals surface area contributed by atoms with Gasteiger partial charge in [-0.05, 0) is 26.2 Å². The predicted molar refractivity (Wildman–Crippen MR) is 76.3 cm³/mol. The van der Waals surface area contributed by atoms with Crippen molar-refractivity contribution in [3.05, 3.63) is 0 Å². The maximum Gasteiger partial charge on any atom is 0.245 e. The Morgan fingerprint density at radius 2 is 1.90 bits per heavy atom. The molecule has 6 nitrogen and oxygen atoms in total. The van der Waals surface area contributed by atoms with E-state index in [-0.39, 0.29) is 24.8 Å². The van der Waals surface area contributed by atoms with E-state index in [4.69, 9.17) is 5.73 Å². The SMILES string of the molecule is CC#CCC(=O)N[C@@](C)(CC(C)C)C(=O)NCC(N)=O. The van der Waals surface area contributed by atoms with Crippen molar-refractivity contribution in [3.63, 3.8) is 0 Å². The molecule has 0 aliphatic carbocycles. The zero-order chi connectivity index (χ0) is 15.8. The van der Waals surface area contributed by atoms with Crippen LogP contribution >= 0.6 is 0 Å². The molecular weight excluding hydrogens is 258 g/mol. The number of hydrogen-bond donors (Lipinski definition) is 3. The molecule has 0 rings (SSSR count). The minimum absolute atomic E-state index is 0.0350. The van der Waals surface area contributed by atoms with Gasteiger partial charge in [0, 0.05) is 0 Å². The second-order valence-electron chi connectivity index (χ2n) is 5.23. The van der Waals surface area contributed by atoms with E-state index in [1.807, 2.05) is 13.8 Å². The first-order chi connectivity index (χ1) is 9.21. The van der Waals surface area contributed by atoms with Gasteiger partial charge >= 0.3 is 0 Å². The zero-order valence-electron chi connectivity index (χ0n) is 12.5. The van der Waals surface area contributed by atoms with Crippen LogP contribution in [0, 0.1) is 17.8 Å². The van der Waals surface area contributed by atoms with Crippen LogP contribution in [-0.2, 0) is 14.4 Å². The third-order valence-corrected chi connectivity index (χ3v) is 2.58. The summed E-state index contributed by atoms with van der Waals surface area (Å²) in [5.41, 5.74) is 3.91. The molecule has 0 aromatic rings. The van der Waals surface area contributed by atoms with Gasteiger partial charge in [0.25, 0.3) is 0 Å². The molecule has 20 heavy (non-hydrogen) atoms. The van der Waals surface area contributed by atoms with Gasteiger partial charge in [-0.1, -0.05) is 19.8 Å². The fourth-order valence-electron chi connectivity index (χ4n) is 1.90. The van der Waals surface area contributed by atoms with E-state index in [1.54, 1.807) is 13.8 Å². The summed E-state index contributed by atoms with van der Waals surface area (Å²) in [4.78, 5) is 34.6. The highest BCUT2D eigenvalue weighted by Crippen LogP contribution is 2.17. The van der Waals surface area contributed by atoms with Crippen molar-refractivity contribution < 1.29 is 14.4 Å². The van der Waals surface area contributed by atoms with Gasteiger partial charge in [-0.2, -0.15) is 0 Å². The van der Waals surface area contributed by atoms with Crippen molar-refractivity contribution in [3.8, 4) is 11.8 Å². The number of hydrogen-bond acceptors (Lipinski definition) is 3. The maximum absolute atomic E-state index is 12.1. The molecule has 112 valence electrons. The van der Waals surface area contributed by atoms with E-state index < -0.39 is 17.4 Å². The molecule has 0 aromatic carbocycles. The van der Waals surface area contributed by atoms with E-state index in [9.17, 15) is 14.4 Å². The lowest BCUT2D eigenvalue weighted by molar-refractivity contribution is -0.134. The highest BCUT2D eigenvalue weighted by atomic mass is 16.2. The molecule has 6 heteroatoms. The number of amides is 3. The minimum atomic E-state index is -1.09. The summed E-state index contributed by atoms with van der Waals surface area (Å²) in [5, 5.41) is 5.10. The molecule has 0 aliphatic heterocycles. The molecule has 0 fully saturated rings. The lowest BCUT2D eigenvalue weighted by Gasteiger charge is -2.30. The number of primary amides is 1. The Bertz CT molecular complexity index is 435. The molecule has 0 saturated heterocycles. The van der Waals surface area contributed by atoms with E-state index >= 15 is 0 Å². The normalized spacial score (nSPS) is 12.8. The summed E-state index contributed by atoms with van der Waals surface area (Å²) in [6, 6.07) is 0. The lowest BCUT2D eigenvalue weighted by atomic mass is 9.89. The van der Waals surface area contributed by atoms with Crippen molar-refractivity contribution in [1.29, 1.82) is 0 Å². The Labute approximate surface area is 119 Å². The molecule has 1 atom stereocenters. The van der Waals surface area contributed by atoms with Crippen LogP contribution in [0.2, 0.25) is 0 Å². The Kier molecular flexibility index (Phi) is 7.37. The van der Waals surface area contributed by atoms with Gasteiger partial charge < -0.3 is 16.4 Å². The van der Waals surface area contributed by atoms with Crippen LogP contribution in [0.5, 0.6) is 0 Å². The predicted octanol–water partition coefficient (Wildman–Crippen LogP) is -0.0777. The Balaban J connectivity index is 4.87. The zero-order valence-corrected chi connectivity index (χ0v) is 12.5. The van der Waals surface area contributed by atoms with Crippen molar-refractivity contribution in [2.75, 3.05) is 6.54 Å². The van der Waals surface area contributed by atoms with Crippen molar-refractivity contribution in [2.24, 2.45) is 11.7 Å². The summed E-state index contributed by atoms with van der Waals surface area (Å²) in [6.45, 7) is 6.90. The van der Waals surface area contributed by atoms with Crippen molar-refractivity contribution in [1.82, 2.24) is 10.6 Å². The summed E-state index contributed by atoms with van der Waals surface area (Å²) in [7, 11) is 0. The van der Waals surface area contributed by atoms with Gasteiger partial charge in [0.05, 0.1) is 13.0 Å². The largest absolute Gasteiger partial charge is 0.368 e. The average molecular weight is 281 g/mol. The van der Waals surface area contributed by atoms with Crippen LogP contribution in [0.15, 0.2) is 0 Å². The Hall–Kier alpha value is -2.03. The highest BCUT2D eigenvalue weighted by molar-refractivity contribution is 5.93. The van der Waals surface area contributed by atoms with E-state index in [0.717, 1.165) is 0 Å². The average Bonchev–Trinajstić information content (AvgIpc) is 2.32. The van der Waals surface area contributed by atoms with Gasteiger partial charge in [-0.25, -0.2) is 0 Å². The molecule has 0 unspecified atom stereocenters. The van der Waals surface area contributed by atoms with Crippen LogP contribution in [0.4, 0.5) is 0 Å². The van der Waals surface area contributed by atoms with Crippen LogP contribution in [0.1, 0.15) is 40.5 Å². The first-order valence-electron chi connectivity index (χ1n) is 6.48. The standard InChI is InChI=1S/C14H23N3O3/c1-5-6-7-12(19)17-14(4,8-10(2)3)13(20)16-9-11(15)18/h10H,7-9H2,1-4H3,(H2,15,18)(H,16,20)(H,17,19)/t14-/m0/s1. The van der Waals surface area contributed by atoms with Crippen LogP contribution in [0.3, 0.4) is 0 Å². The van der Waals surface area contributed by atoms with Gasteiger partial charge in [0.1, 0.15) is 5.54 Å². The molecule has 4 N–H and O–H groups in total. The molecule has 0 spiro atoms. The highest BCUT2D eigenvalue weighted by Gasteiger charge is 2.35. The maximum atomic E-state index is 12.1. The Morgan fingerprint density at radius 1 is 1.30 bits per heavy atom. The van der Waals surface area contributed by atoms with E-state index in [1.165, 1.54) is 0 Å². The molecule has 0 heterocycles. The summed E-state index contributed by atoms with van der Waals surface area (Å²) in [5.74, 6) is 4.08. The third kappa shape index (κ3) is 6.78. The van der Waals surface area contributed by atoms with Crippen molar-refractivity contribution in [2.45, 2.75) is 46.1 Å². The fraction of sp³-hybridized carbons (Fsp3) is 0.643. The number of carbonyl (C=O) groups excluding carboxylic acids is 3. The van der Waals surface area contributed by atoms with Gasteiger partial charge in [0.15, 0.2) is 0 Å². The first kappa shape index (κ1) is 18.0. The summed E-state index contributed by atoms with van der Waals surface area (Å²) in [6.07, 6.45) is 0.482.